The Labute approximate surface area is 206 Å². The lowest BCUT2D eigenvalue weighted by Crippen LogP contribution is -2.17. The van der Waals surface area contributed by atoms with Gasteiger partial charge in [0.15, 0.2) is 5.16 Å². The summed E-state index contributed by atoms with van der Waals surface area (Å²) in [5.41, 5.74) is 2.62. The number of thioether (sulfide) groups is 1. The van der Waals surface area contributed by atoms with Crippen LogP contribution in [0.1, 0.15) is 21.7 Å². The molecule has 0 unspecified atom stereocenters. The Hall–Kier alpha value is -3.62. The fraction of sp³-hybridized carbons (Fsp3) is 0.120. The topological polar surface area (TPSA) is 86.1 Å². The molecule has 0 bridgehead atoms. The van der Waals surface area contributed by atoms with Crippen LogP contribution < -0.4 is 5.32 Å². The van der Waals surface area contributed by atoms with Gasteiger partial charge in [-0.1, -0.05) is 65.8 Å². The van der Waals surface area contributed by atoms with Crippen LogP contribution in [0, 0.1) is 0 Å². The zero-order valence-electron chi connectivity index (χ0n) is 18.3. The second-order valence-corrected chi connectivity index (χ2v) is 8.63. The maximum absolute atomic E-state index is 12.7. The summed E-state index contributed by atoms with van der Waals surface area (Å²) in [4.78, 5) is 24.6. The summed E-state index contributed by atoms with van der Waals surface area (Å²) in [5, 5.41) is 12.7. The minimum Gasteiger partial charge on any atom is -0.465 e. The van der Waals surface area contributed by atoms with Crippen LogP contribution in [0.2, 0.25) is 5.02 Å². The van der Waals surface area contributed by atoms with Gasteiger partial charge in [0.25, 0.3) is 0 Å². The number of rotatable bonds is 8. The number of hydrogen-bond donors (Lipinski definition) is 1. The summed E-state index contributed by atoms with van der Waals surface area (Å²) >= 11 is 7.33. The fourth-order valence-electron chi connectivity index (χ4n) is 3.33. The highest BCUT2D eigenvalue weighted by Crippen LogP contribution is 2.25. The monoisotopic (exact) mass is 492 g/mol. The van der Waals surface area contributed by atoms with Crippen molar-refractivity contribution < 1.29 is 14.3 Å². The number of amides is 1. The van der Waals surface area contributed by atoms with Crippen molar-refractivity contribution in [3.63, 3.8) is 0 Å². The molecule has 0 saturated heterocycles. The van der Waals surface area contributed by atoms with E-state index in [0.717, 1.165) is 17.1 Å². The first-order valence-corrected chi connectivity index (χ1v) is 11.8. The predicted octanol–water partition coefficient (Wildman–Crippen LogP) is 5.03. The second kappa shape index (κ2) is 11.0. The Morgan fingerprint density at radius 3 is 2.41 bits per heavy atom. The van der Waals surface area contributed by atoms with Crippen LogP contribution in [0.25, 0.3) is 5.69 Å². The van der Waals surface area contributed by atoms with Crippen LogP contribution in [0.15, 0.2) is 84.0 Å². The van der Waals surface area contributed by atoms with Gasteiger partial charge in [-0.15, -0.1) is 10.2 Å². The van der Waals surface area contributed by atoms with Crippen LogP contribution >= 0.6 is 23.4 Å². The summed E-state index contributed by atoms with van der Waals surface area (Å²) in [7, 11) is 1.30. The van der Waals surface area contributed by atoms with Gasteiger partial charge in [-0.3, -0.25) is 9.36 Å². The first kappa shape index (κ1) is 23.5. The molecule has 0 aliphatic heterocycles. The number of anilines is 1. The minimum absolute atomic E-state index is 0.0760. The minimum atomic E-state index is -0.517. The molecule has 3 aromatic carbocycles. The van der Waals surface area contributed by atoms with E-state index >= 15 is 0 Å². The Kier molecular flexibility index (Phi) is 7.61. The van der Waals surface area contributed by atoms with Crippen molar-refractivity contribution in [3.8, 4) is 5.69 Å². The molecular weight excluding hydrogens is 472 g/mol. The number of nitrogens with zero attached hydrogens (tertiary/aromatic N) is 3. The molecule has 0 atom stereocenters. The Bertz CT molecular complexity index is 1290. The van der Waals surface area contributed by atoms with E-state index in [1.54, 1.807) is 36.4 Å². The average molecular weight is 493 g/mol. The largest absolute Gasteiger partial charge is 0.465 e. The Morgan fingerprint density at radius 1 is 0.971 bits per heavy atom. The summed E-state index contributed by atoms with van der Waals surface area (Å²) in [6.45, 7) is 0. The molecule has 0 aliphatic rings. The highest BCUT2D eigenvalue weighted by molar-refractivity contribution is 7.99. The van der Waals surface area contributed by atoms with E-state index in [4.69, 9.17) is 16.3 Å². The quantitative estimate of drug-likeness (QED) is 0.274. The second-order valence-electron chi connectivity index (χ2n) is 7.25. The van der Waals surface area contributed by atoms with Crippen LogP contribution in [-0.4, -0.2) is 39.5 Å². The van der Waals surface area contributed by atoms with Crippen molar-refractivity contribution >= 4 is 40.9 Å². The number of aromatic nitrogens is 3. The molecule has 0 spiro atoms. The number of methoxy groups -OCH3 is 1. The SMILES string of the molecule is COC(=O)c1ccccc1NC(=O)CSc1nnc(Cc2ccccc2)n1-c1ccc(Cl)cc1. The molecule has 7 nitrogen and oxygen atoms in total. The molecule has 1 N–H and O–H groups in total. The van der Waals surface area contributed by atoms with Gasteiger partial charge >= 0.3 is 5.97 Å². The molecule has 4 aromatic rings. The van der Waals surface area contributed by atoms with Crippen LogP contribution in [-0.2, 0) is 16.0 Å². The smallest absolute Gasteiger partial charge is 0.339 e. The van der Waals surface area contributed by atoms with E-state index in [0.29, 0.717) is 22.3 Å². The lowest BCUT2D eigenvalue weighted by molar-refractivity contribution is -0.113. The molecule has 0 radical (unpaired) electrons. The number of para-hydroxylation sites is 1. The van der Waals surface area contributed by atoms with Gasteiger partial charge in [0, 0.05) is 17.1 Å². The number of halogens is 1. The van der Waals surface area contributed by atoms with Crippen LogP contribution in [0.5, 0.6) is 0 Å². The van der Waals surface area contributed by atoms with Gasteiger partial charge in [-0.05, 0) is 42.0 Å². The fourth-order valence-corrected chi connectivity index (χ4v) is 4.23. The first-order chi connectivity index (χ1) is 16.5. The maximum Gasteiger partial charge on any atom is 0.339 e. The van der Waals surface area contributed by atoms with Crippen LogP contribution in [0.4, 0.5) is 5.69 Å². The van der Waals surface area contributed by atoms with E-state index in [2.05, 4.69) is 15.5 Å². The molecular formula is C25H21ClN4O3S. The average Bonchev–Trinajstić information content (AvgIpc) is 3.26. The van der Waals surface area contributed by atoms with E-state index in [1.807, 2.05) is 47.0 Å². The molecule has 0 aliphatic carbocycles. The van der Waals surface area contributed by atoms with E-state index in [-0.39, 0.29) is 17.2 Å². The molecule has 172 valence electrons. The number of benzene rings is 3. The normalized spacial score (nSPS) is 10.6. The van der Waals surface area contributed by atoms with Gasteiger partial charge in [-0.2, -0.15) is 0 Å². The summed E-state index contributed by atoms with van der Waals surface area (Å²) < 4.78 is 6.71. The van der Waals surface area contributed by atoms with Gasteiger partial charge in [0.05, 0.1) is 24.1 Å². The third kappa shape index (κ3) is 5.65. The molecule has 1 heterocycles. The number of hydrogen-bond acceptors (Lipinski definition) is 6. The molecule has 0 saturated carbocycles. The predicted molar refractivity (Wildman–Crippen MR) is 133 cm³/mol. The highest BCUT2D eigenvalue weighted by Gasteiger charge is 2.18. The first-order valence-electron chi connectivity index (χ1n) is 10.4. The molecule has 4 rings (SSSR count). The van der Waals surface area contributed by atoms with Gasteiger partial charge in [0.2, 0.25) is 5.91 Å². The number of esters is 1. The van der Waals surface area contributed by atoms with Crippen LogP contribution in [0.3, 0.4) is 0 Å². The third-order valence-corrected chi connectivity index (χ3v) is 6.11. The molecule has 1 aromatic heterocycles. The molecule has 9 heteroatoms. The molecule has 1 amide bonds. The van der Waals surface area contributed by atoms with Crippen molar-refractivity contribution in [2.75, 3.05) is 18.2 Å². The standard InChI is InChI=1S/C25H21ClN4O3S/c1-33-24(32)20-9-5-6-10-21(20)27-23(31)16-34-25-29-28-22(15-17-7-3-2-4-8-17)30(25)19-13-11-18(26)12-14-19/h2-14H,15-16H2,1H3,(H,27,31). The summed E-state index contributed by atoms with van der Waals surface area (Å²) in [6.07, 6.45) is 0.579. The van der Waals surface area contributed by atoms with E-state index in [9.17, 15) is 9.59 Å². The number of nitrogens with one attached hydrogen (secondary N) is 1. The van der Waals surface area contributed by atoms with Crippen molar-refractivity contribution in [1.82, 2.24) is 14.8 Å². The summed E-state index contributed by atoms with van der Waals surface area (Å²) in [5.74, 6) is 0.0210. The van der Waals surface area contributed by atoms with Crippen molar-refractivity contribution in [2.24, 2.45) is 0 Å². The van der Waals surface area contributed by atoms with E-state index in [1.165, 1.54) is 18.9 Å². The number of carbonyl (C=O) groups is 2. The lowest BCUT2D eigenvalue weighted by atomic mass is 10.1. The molecule has 0 fully saturated rings. The van der Waals surface area contributed by atoms with E-state index < -0.39 is 5.97 Å². The van der Waals surface area contributed by atoms with Gasteiger partial charge in [0.1, 0.15) is 5.82 Å². The third-order valence-electron chi connectivity index (χ3n) is 4.93. The zero-order chi connectivity index (χ0) is 23.9. The molecule has 34 heavy (non-hydrogen) atoms. The number of ether oxygens (including phenoxy) is 1. The van der Waals surface area contributed by atoms with Crippen molar-refractivity contribution in [3.05, 3.63) is 101 Å². The maximum atomic E-state index is 12.7. The van der Waals surface area contributed by atoms with Crippen molar-refractivity contribution in [2.45, 2.75) is 11.6 Å². The van der Waals surface area contributed by atoms with Gasteiger partial charge < -0.3 is 10.1 Å². The lowest BCUT2D eigenvalue weighted by Gasteiger charge is -2.11. The van der Waals surface area contributed by atoms with Gasteiger partial charge in [-0.25, -0.2) is 4.79 Å². The Morgan fingerprint density at radius 2 is 1.68 bits per heavy atom. The summed E-state index contributed by atoms with van der Waals surface area (Å²) in [6, 6.07) is 24.0. The van der Waals surface area contributed by atoms with Crippen molar-refractivity contribution in [1.29, 1.82) is 0 Å². The zero-order valence-corrected chi connectivity index (χ0v) is 19.8. The highest BCUT2D eigenvalue weighted by atomic mass is 35.5. The Balaban J connectivity index is 1.54. The number of carbonyl (C=O) groups excluding carboxylic acids is 2.